The molecule has 0 bridgehead atoms. The van der Waals surface area contributed by atoms with E-state index in [1.807, 2.05) is 4.90 Å². The van der Waals surface area contributed by atoms with Crippen molar-refractivity contribution in [3.8, 4) is 0 Å². The molecule has 1 aromatic carbocycles. The minimum absolute atomic E-state index is 0.0751. The van der Waals surface area contributed by atoms with Gasteiger partial charge in [0, 0.05) is 30.8 Å². The molecule has 1 aromatic rings. The molecular formula is C18H25NO2S. The molecule has 0 N–H and O–H groups in total. The van der Waals surface area contributed by atoms with E-state index in [9.17, 15) is 9.59 Å². The molecular weight excluding hydrogens is 294 g/mol. The van der Waals surface area contributed by atoms with Crippen molar-refractivity contribution in [3.05, 3.63) is 28.8 Å². The van der Waals surface area contributed by atoms with Gasteiger partial charge in [0.05, 0.1) is 0 Å². The smallest absolute Gasteiger partial charge is 0.228 e. The molecule has 3 nitrogen and oxygen atoms in total. The van der Waals surface area contributed by atoms with E-state index in [-0.39, 0.29) is 21.7 Å². The number of aryl methyl sites for hydroxylation is 2. The van der Waals surface area contributed by atoms with Crippen molar-refractivity contribution in [3.63, 3.8) is 0 Å². The second-order valence-electron chi connectivity index (χ2n) is 7.15. The number of amides is 1. The fourth-order valence-corrected chi connectivity index (χ4v) is 3.94. The number of carbonyl (C=O) groups excluding carboxylic acids is 2. The fourth-order valence-electron chi connectivity index (χ4n) is 3.02. The number of anilines is 1. The van der Waals surface area contributed by atoms with Gasteiger partial charge in [0.2, 0.25) is 5.91 Å². The van der Waals surface area contributed by atoms with Crippen molar-refractivity contribution in [2.75, 3.05) is 11.4 Å². The molecule has 0 aliphatic carbocycles. The first kappa shape index (κ1) is 17.1. The van der Waals surface area contributed by atoms with Gasteiger partial charge >= 0.3 is 0 Å². The van der Waals surface area contributed by atoms with Gasteiger partial charge in [-0.25, -0.2) is 0 Å². The third kappa shape index (κ3) is 3.54. The minimum atomic E-state index is 0.0751. The van der Waals surface area contributed by atoms with E-state index in [1.165, 1.54) is 17.3 Å². The molecule has 0 radical (unpaired) electrons. The maximum absolute atomic E-state index is 12.4. The van der Waals surface area contributed by atoms with Crippen LogP contribution in [0.15, 0.2) is 12.1 Å². The third-order valence-electron chi connectivity index (χ3n) is 4.05. The Balaban J connectivity index is 2.34. The summed E-state index contributed by atoms with van der Waals surface area (Å²) < 4.78 is 0. The van der Waals surface area contributed by atoms with Crippen LogP contribution in [0.2, 0.25) is 0 Å². The zero-order valence-electron chi connectivity index (χ0n) is 14.3. The number of hydrogen-bond donors (Lipinski definition) is 0. The first-order chi connectivity index (χ1) is 10.1. The highest BCUT2D eigenvalue weighted by Crippen LogP contribution is 2.35. The van der Waals surface area contributed by atoms with Gasteiger partial charge < -0.3 is 4.90 Å². The summed E-state index contributed by atoms with van der Waals surface area (Å²) >= 11 is 1.28. The lowest BCUT2D eigenvalue weighted by atomic mass is 9.84. The molecule has 1 fully saturated rings. The number of thioether (sulfide) groups is 1. The zero-order chi connectivity index (χ0) is 16.7. The van der Waals surface area contributed by atoms with Crippen molar-refractivity contribution >= 4 is 28.5 Å². The summed E-state index contributed by atoms with van der Waals surface area (Å²) in [5.74, 6) is 0.119. The summed E-state index contributed by atoms with van der Waals surface area (Å²) in [6, 6.07) is 4.36. The molecule has 1 aliphatic rings. The lowest BCUT2D eigenvalue weighted by Gasteiger charge is -2.26. The molecule has 4 heteroatoms. The van der Waals surface area contributed by atoms with Gasteiger partial charge in [0.1, 0.15) is 0 Å². The van der Waals surface area contributed by atoms with Gasteiger partial charge in [-0.15, -0.1) is 0 Å². The van der Waals surface area contributed by atoms with Crippen molar-refractivity contribution in [2.45, 2.75) is 58.6 Å². The van der Waals surface area contributed by atoms with Crippen LogP contribution in [0.25, 0.3) is 0 Å². The van der Waals surface area contributed by atoms with Gasteiger partial charge in [-0.05, 0) is 36.0 Å². The molecule has 0 aromatic heterocycles. The molecule has 2 rings (SSSR count). The molecule has 1 unspecified atom stereocenters. The summed E-state index contributed by atoms with van der Waals surface area (Å²) in [7, 11) is 0. The van der Waals surface area contributed by atoms with Crippen LogP contribution in [-0.4, -0.2) is 22.8 Å². The molecule has 1 saturated heterocycles. The van der Waals surface area contributed by atoms with Crippen LogP contribution in [0.3, 0.4) is 0 Å². The highest BCUT2D eigenvalue weighted by Gasteiger charge is 2.33. The van der Waals surface area contributed by atoms with E-state index >= 15 is 0 Å². The van der Waals surface area contributed by atoms with Gasteiger partial charge in [0.25, 0.3) is 0 Å². The van der Waals surface area contributed by atoms with Crippen molar-refractivity contribution < 1.29 is 9.59 Å². The number of hydrogen-bond acceptors (Lipinski definition) is 3. The Morgan fingerprint density at radius 3 is 2.23 bits per heavy atom. The topological polar surface area (TPSA) is 37.4 Å². The number of benzene rings is 1. The van der Waals surface area contributed by atoms with Crippen LogP contribution < -0.4 is 4.90 Å². The van der Waals surface area contributed by atoms with Crippen LogP contribution in [0.4, 0.5) is 5.69 Å². The van der Waals surface area contributed by atoms with Crippen LogP contribution in [-0.2, 0) is 15.0 Å². The normalized spacial score (nSPS) is 18.9. The molecule has 1 heterocycles. The lowest BCUT2D eigenvalue weighted by molar-refractivity contribution is -0.117. The quantitative estimate of drug-likeness (QED) is 0.827. The molecule has 0 saturated carbocycles. The Morgan fingerprint density at radius 2 is 1.77 bits per heavy atom. The summed E-state index contributed by atoms with van der Waals surface area (Å²) in [6.07, 6.45) is 0.449. The summed E-state index contributed by atoms with van der Waals surface area (Å²) in [6.45, 7) is 12.9. The van der Waals surface area contributed by atoms with Gasteiger partial charge in [0.15, 0.2) is 5.12 Å². The fraction of sp³-hybridized carbons (Fsp3) is 0.556. The Kier molecular flexibility index (Phi) is 4.71. The average molecular weight is 319 g/mol. The van der Waals surface area contributed by atoms with E-state index in [2.05, 4.69) is 46.8 Å². The maximum Gasteiger partial charge on any atom is 0.228 e. The number of carbonyl (C=O) groups is 2. The Bertz CT molecular complexity index is 593. The zero-order valence-corrected chi connectivity index (χ0v) is 15.1. The predicted molar refractivity (Wildman–Crippen MR) is 93.6 cm³/mol. The van der Waals surface area contributed by atoms with Crippen molar-refractivity contribution in [1.82, 2.24) is 0 Å². The number of nitrogens with zero attached hydrogens (tertiary/aromatic N) is 1. The second-order valence-corrected chi connectivity index (χ2v) is 8.63. The molecule has 120 valence electrons. The minimum Gasteiger partial charge on any atom is -0.311 e. The molecule has 22 heavy (non-hydrogen) atoms. The largest absolute Gasteiger partial charge is 0.311 e. The van der Waals surface area contributed by atoms with Gasteiger partial charge in [-0.1, -0.05) is 44.7 Å². The van der Waals surface area contributed by atoms with Crippen LogP contribution in [0, 0.1) is 13.8 Å². The Hall–Kier alpha value is -1.29. The van der Waals surface area contributed by atoms with E-state index < -0.39 is 0 Å². The highest BCUT2D eigenvalue weighted by atomic mass is 32.2. The average Bonchev–Trinajstić information content (AvgIpc) is 2.67. The number of rotatable bonds is 2. The summed E-state index contributed by atoms with van der Waals surface area (Å²) in [5, 5.41) is 0.155. The standard InChI is InChI=1S/C18H25NO2S/c1-11-7-14(18(4,5)6)8-12(2)17(11)19-10-15(9-16(19)21)22-13(3)20/h7-8,15H,9-10H2,1-6H3. The summed E-state index contributed by atoms with van der Waals surface area (Å²) in [4.78, 5) is 25.5. The first-order valence-corrected chi connectivity index (χ1v) is 8.57. The SMILES string of the molecule is CC(=O)SC1CC(=O)N(c2c(C)cc(C(C)(C)C)cc2C)C1. The first-order valence-electron chi connectivity index (χ1n) is 7.69. The van der Waals surface area contributed by atoms with E-state index in [0.717, 1.165) is 16.8 Å². The molecule has 1 amide bonds. The summed E-state index contributed by atoms with van der Waals surface area (Å²) in [5.41, 5.74) is 4.66. The van der Waals surface area contributed by atoms with Crippen molar-refractivity contribution in [2.24, 2.45) is 0 Å². The van der Waals surface area contributed by atoms with Crippen molar-refractivity contribution in [1.29, 1.82) is 0 Å². The molecule has 0 spiro atoms. The Morgan fingerprint density at radius 1 is 1.23 bits per heavy atom. The van der Waals surface area contributed by atoms with E-state index in [4.69, 9.17) is 0 Å². The third-order valence-corrected chi connectivity index (χ3v) is 5.03. The Labute approximate surface area is 137 Å². The monoisotopic (exact) mass is 319 g/mol. The maximum atomic E-state index is 12.4. The molecule has 1 atom stereocenters. The van der Waals surface area contributed by atoms with Crippen LogP contribution in [0.5, 0.6) is 0 Å². The lowest BCUT2D eigenvalue weighted by Crippen LogP contribution is -2.27. The van der Waals surface area contributed by atoms with E-state index in [1.54, 1.807) is 6.92 Å². The van der Waals surface area contributed by atoms with Gasteiger partial charge in [-0.2, -0.15) is 0 Å². The van der Waals surface area contributed by atoms with Crippen LogP contribution in [0.1, 0.15) is 50.8 Å². The van der Waals surface area contributed by atoms with Crippen LogP contribution >= 0.6 is 11.8 Å². The van der Waals surface area contributed by atoms with Gasteiger partial charge in [-0.3, -0.25) is 9.59 Å². The second kappa shape index (κ2) is 6.07. The predicted octanol–water partition coefficient (Wildman–Crippen LogP) is 3.99. The molecule has 1 aliphatic heterocycles. The highest BCUT2D eigenvalue weighted by molar-refractivity contribution is 8.14. The van der Waals surface area contributed by atoms with E-state index in [0.29, 0.717) is 13.0 Å².